The van der Waals surface area contributed by atoms with Gasteiger partial charge in [0.15, 0.2) is 10.3 Å². The van der Waals surface area contributed by atoms with Crippen LogP contribution in [0.2, 0.25) is 10.3 Å². The number of rotatable bonds is 4. The fourth-order valence-corrected chi connectivity index (χ4v) is 2.50. The van der Waals surface area contributed by atoms with E-state index in [1.807, 2.05) is 12.1 Å². The first kappa shape index (κ1) is 18.9. The number of halogens is 4. The molecule has 0 spiro atoms. The average Bonchev–Trinajstić information content (AvgIpc) is 2.67. The lowest BCUT2D eigenvalue weighted by atomic mass is 10.1. The van der Waals surface area contributed by atoms with E-state index in [-0.39, 0.29) is 24.8 Å². The minimum Gasteiger partial charge on any atom is -0.326 e. The molecule has 0 aliphatic heterocycles. The number of nitrogens with one attached hydrogen (secondary N) is 1. The van der Waals surface area contributed by atoms with E-state index in [4.69, 9.17) is 28.9 Å². The highest BCUT2D eigenvalue weighted by Gasteiger charge is 2.06. The summed E-state index contributed by atoms with van der Waals surface area (Å²) in [5.74, 6) is 0.811. The molecule has 19 heavy (non-hydrogen) atoms. The fraction of sp³-hybridized carbons (Fsp3) is 0.182. The highest BCUT2D eigenvalue weighted by atomic mass is 35.5. The van der Waals surface area contributed by atoms with Crippen molar-refractivity contribution >= 4 is 59.8 Å². The van der Waals surface area contributed by atoms with Crippen molar-refractivity contribution in [1.82, 2.24) is 9.97 Å². The minimum atomic E-state index is 0. The molecule has 0 bridgehead atoms. The molecule has 2 aromatic rings. The Morgan fingerprint density at radius 1 is 1.11 bits per heavy atom. The molecule has 3 N–H and O–H groups in total. The maximum absolute atomic E-state index is 5.77. The van der Waals surface area contributed by atoms with Crippen LogP contribution in [0.25, 0.3) is 0 Å². The lowest BCUT2D eigenvalue weighted by Gasteiger charge is -2.01. The molecule has 0 fully saturated rings. The first-order valence-corrected chi connectivity index (χ1v) is 6.75. The minimum absolute atomic E-state index is 0. The Kier molecular flexibility index (Phi) is 8.90. The number of nitrogens with two attached hydrogens (primary N) is 1. The van der Waals surface area contributed by atoms with Crippen molar-refractivity contribution in [2.45, 2.75) is 17.5 Å². The number of hydrogen-bond donors (Lipinski definition) is 2. The SMILES string of the molecule is Cl.Cl.NCc1ccc(CSc2nc(Cl)c(Cl)[nH]2)cc1. The summed E-state index contributed by atoms with van der Waals surface area (Å²) >= 11 is 13.1. The third-order valence-corrected chi connectivity index (χ3v) is 3.82. The molecule has 0 unspecified atom stereocenters. The van der Waals surface area contributed by atoms with E-state index in [0.29, 0.717) is 16.9 Å². The Labute approximate surface area is 138 Å². The molecule has 0 aliphatic rings. The Hall–Kier alpha value is -0.100. The summed E-state index contributed by atoms with van der Waals surface area (Å²) in [5.41, 5.74) is 7.87. The van der Waals surface area contributed by atoms with E-state index in [0.717, 1.165) is 16.5 Å². The average molecular weight is 361 g/mol. The predicted octanol–water partition coefficient (Wildman–Crippen LogP) is 4.31. The largest absolute Gasteiger partial charge is 0.326 e. The van der Waals surface area contributed by atoms with Crippen molar-refractivity contribution in [1.29, 1.82) is 0 Å². The van der Waals surface area contributed by atoms with Crippen LogP contribution in [0.5, 0.6) is 0 Å². The van der Waals surface area contributed by atoms with Crippen molar-refractivity contribution in [3.05, 3.63) is 45.7 Å². The topological polar surface area (TPSA) is 54.7 Å². The van der Waals surface area contributed by atoms with Crippen molar-refractivity contribution in [2.24, 2.45) is 5.73 Å². The van der Waals surface area contributed by atoms with Gasteiger partial charge in [0.05, 0.1) is 0 Å². The van der Waals surface area contributed by atoms with Crippen molar-refractivity contribution in [3.8, 4) is 0 Å². The lowest BCUT2D eigenvalue weighted by Crippen LogP contribution is -1.95. The van der Waals surface area contributed by atoms with Gasteiger partial charge in [0, 0.05) is 12.3 Å². The number of aromatic nitrogens is 2. The van der Waals surface area contributed by atoms with Gasteiger partial charge < -0.3 is 10.7 Å². The zero-order valence-corrected chi connectivity index (χ0v) is 13.7. The molecule has 0 atom stereocenters. The molecule has 0 aliphatic carbocycles. The Morgan fingerprint density at radius 2 is 1.68 bits per heavy atom. The summed E-state index contributed by atoms with van der Waals surface area (Å²) in [6.45, 7) is 0.566. The van der Waals surface area contributed by atoms with Crippen LogP contribution in [-0.2, 0) is 12.3 Å². The second kappa shape index (κ2) is 8.95. The fourth-order valence-electron chi connectivity index (χ4n) is 1.30. The number of imidazole rings is 1. The first-order chi connectivity index (χ1) is 8.19. The molecular formula is C11H13Cl4N3S. The number of H-pyrrole nitrogens is 1. The molecule has 106 valence electrons. The lowest BCUT2D eigenvalue weighted by molar-refractivity contribution is 1.05. The van der Waals surface area contributed by atoms with Crippen LogP contribution in [0.3, 0.4) is 0 Å². The molecule has 3 nitrogen and oxygen atoms in total. The number of thioether (sulfide) groups is 1. The summed E-state index contributed by atoms with van der Waals surface area (Å²) in [5, 5.41) is 1.42. The molecule has 0 saturated heterocycles. The van der Waals surface area contributed by atoms with Gasteiger partial charge in [0.2, 0.25) is 0 Å². The van der Waals surface area contributed by atoms with Crippen LogP contribution < -0.4 is 5.73 Å². The van der Waals surface area contributed by atoms with Gasteiger partial charge in [-0.2, -0.15) is 0 Å². The number of benzene rings is 1. The maximum atomic E-state index is 5.77. The van der Waals surface area contributed by atoms with Crippen LogP contribution in [-0.4, -0.2) is 9.97 Å². The molecule has 0 radical (unpaired) electrons. The molecular weight excluding hydrogens is 348 g/mol. The van der Waals surface area contributed by atoms with Gasteiger partial charge in [-0.05, 0) is 11.1 Å². The van der Waals surface area contributed by atoms with E-state index in [9.17, 15) is 0 Å². The number of hydrogen-bond acceptors (Lipinski definition) is 3. The third kappa shape index (κ3) is 5.42. The molecule has 1 aromatic heterocycles. The second-order valence-corrected chi connectivity index (χ2v) is 5.16. The smallest absolute Gasteiger partial charge is 0.168 e. The van der Waals surface area contributed by atoms with E-state index < -0.39 is 0 Å². The Balaban J connectivity index is 0.00000162. The molecule has 1 heterocycles. The zero-order chi connectivity index (χ0) is 12.3. The van der Waals surface area contributed by atoms with Gasteiger partial charge in [0.25, 0.3) is 0 Å². The van der Waals surface area contributed by atoms with Crippen LogP contribution in [0.4, 0.5) is 0 Å². The number of aromatic amines is 1. The first-order valence-electron chi connectivity index (χ1n) is 5.00. The van der Waals surface area contributed by atoms with E-state index in [1.54, 1.807) is 11.8 Å². The van der Waals surface area contributed by atoms with Crippen LogP contribution >= 0.6 is 59.8 Å². The quantitative estimate of drug-likeness (QED) is 0.798. The monoisotopic (exact) mass is 359 g/mol. The molecule has 8 heteroatoms. The van der Waals surface area contributed by atoms with Crippen LogP contribution in [0, 0.1) is 0 Å². The highest BCUT2D eigenvalue weighted by molar-refractivity contribution is 7.98. The summed E-state index contributed by atoms with van der Waals surface area (Å²) in [4.78, 5) is 6.98. The highest BCUT2D eigenvalue weighted by Crippen LogP contribution is 2.26. The predicted molar refractivity (Wildman–Crippen MR) is 87.0 cm³/mol. The van der Waals surface area contributed by atoms with Crippen LogP contribution in [0.1, 0.15) is 11.1 Å². The normalized spacial score (nSPS) is 9.63. The maximum Gasteiger partial charge on any atom is 0.168 e. The third-order valence-electron chi connectivity index (χ3n) is 2.23. The summed E-state index contributed by atoms with van der Waals surface area (Å²) in [7, 11) is 0. The molecule has 1 aromatic carbocycles. The van der Waals surface area contributed by atoms with Crippen molar-refractivity contribution in [2.75, 3.05) is 0 Å². The van der Waals surface area contributed by atoms with Gasteiger partial charge in [-0.15, -0.1) is 24.8 Å². The summed E-state index contributed by atoms with van der Waals surface area (Å²) in [6, 6.07) is 8.17. The molecule has 0 saturated carbocycles. The van der Waals surface area contributed by atoms with Gasteiger partial charge in [-0.1, -0.05) is 59.2 Å². The van der Waals surface area contributed by atoms with E-state index >= 15 is 0 Å². The van der Waals surface area contributed by atoms with E-state index in [1.165, 1.54) is 5.56 Å². The van der Waals surface area contributed by atoms with Crippen molar-refractivity contribution in [3.63, 3.8) is 0 Å². The standard InChI is InChI=1S/C11H11Cl2N3S.2ClH/c12-9-10(13)16-11(15-9)17-6-8-3-1-7(5-14)2-4-8;;/h1-4H,5-6,14H2,(H,15,16);2*1H. The van der Waals surface area contributed by atoms with Gasteiger partial charge >= 0.3 is 0 Å². The van der Waals surface area contributed by atoms with Gasteiger partial charge in [0.1, 0.15) is 5.15 Å². The van der Waals surface area contributed by atoms with Gasteiger partial charge in [-0.25, -0.2) is 4.98 Å². The van der Waals surface area contributed by atoms with Crippen LogP contribution in [0.15, 0.2) is 29.4 Å². The second-order valence-electron chi connectivity index (χ2n) is 3.46. The molecule has 2 rings (SSSR count). The van der Waals surface area contributed by atoms with Crippen molar-refractivity contribution < 1.29 is 0 Å². The Bertz CT molecular complexity index is 482. The molecule has 0 amide bonds. The van der Waals surface area contributed by atoms with E-state index in [2.05, 4.69) is 22.1 Å². The zero-order valence-electron chi connectivity index (χ0n) is 9.73. The summed E-state index contributed by atoms with van der Waals surface area (Å²) < 4.78 is 0. The van der Waals surface area contributed by atoms with Gasteiger partial charge in [-0.3, -0.25) is 0 Å². The Morgan fingerprint density at radius 3 is 2.16 bits per heavy atom. The number of nitrogens with zero attached hydrogens (tertiary/aromatic N) is 1. The summed E-state index contributed by atoms with van der Waals surface area (Å²) in [6.07, 6.45) is 0.